The summed E-state index contributed by atoms with van der Waals surface area (Å²) in [5.41, 5.74) is 1.41. The largest absolute Gasteiger partial charge is 0.481 e. The van der Waals surface area contributed by atoms with Crippen molar-refractivity contribution in [2.75, 3.05) is 32.0 Å². The number of carboxylic acid groups (broad SMARTS) is 1. The molecule has 2 N–H and O–H groups in total. The fraction of sp³-hybridized carbons (Fsp3) is 0.421. The summed E-state index contributed by atoms with van der Waals surface area (Å²) >= 11 is 2.61. The first-order valence-electron chi connectivity index (χ1n) is 9.12. The quantitative estimate of drug-likeness (QED) is 0.578. The Bertz CT molecular complexity index is 848. The van der Waals surface area contributed by atoms with E-state index in [1.54, 1.807) is 11.4 Å². The number of aromatic nitrogens is 1. The number of aliphatic carboxylic acids is 1. The van der Waals surface area contributed by atoms with Crippen molar-refractivity contribution < 1.29 is 23.8 Å². The van der Waals surface area contributed by atoms with Crippen LogP contribution in [-0.2, 0) is 27.3 Å². The number of thiazole rings is 1. The summed E-state index contributed by atoms with van der Waals surface area (Å²) in [6, 6.07) is 6.56. The molecule has 7 nitrogen and oxygen atoms in total. The maximum absolute atomic E-state index is 13.3. The van der Waals surface area contributed by atoms with Crippen molar-refractivity contribution in [3.63, 3.8) is 0 Å². The second kappa shape index (κ2) is 10.7. The summed E-state index contributed by atoms with van der Waals surface area (Å²) in [4.78, 5) is 29.2. The number of benzene rings is 1. The third-order valence-electron chi connectivity index (χ3n) is 4.23. The smallest absolute Gasteiger partial charge is 0.309 e. The van der Waals surface area contributed by atoms with E-state index in [0.717, 1.165) is 12.1 Å². The molecular formula is C19H22FN3O4S2. The van der Waals surface area contributed by atoms with E-state index in [4.69, 9.17) is 9.84 Å². The van der Waals surface area contributed by atoms with Crippen LogP contribution in [0.1, 0.15) is 11.3 Å². The molecule has 1 fully saturated rings. The van der Waals surface area contributed by atoms with Crippen molar-refractivity contribution in [2.24, 2.45) is 0 Å². The molecule has 1 aliphatic rings. The first-order valence-corrected chi connectivity index (χ1v) is 11.0. The maximum Gasteiger partial charge on any atom is 0.309 e. The van der Waals surface area contributed by atoms with Crippen LogP contribution in [-0.4, -0.2) is 65.0 Å². The lowest BCUT2D eigenvalue weighted by atomic mass is 10.2. The molecule has 156 valence electrons. The van der Waals surface area contributed by atoms with Gasteiger partial charge in [-0.25, -0.2) is 9.37 Å². The monoisotopic (exact) mass is 439 g/mol. The number of thioether (sulfide) groups is 1. The molecule has 1 aromatic carbocycles. The molecule has 0 aliphatic carbocycles. The van der Waals surface area contributed by atoms with Crippen LogP contribution in [0.5, 0.6) is 0 Å². The van der Waals surface area contributed by atoms with Gasteiger partial charge >= 0.3 is 5.97 Å². The van der Waals surface area contributed by atoms with Gasteiger partial charge in [-0.1, -0.05) is 23.9 Å². The van der Waals surface area contributed by atoms with E-state index in [1.165, 1.54) is 35.2 Å². The van der Waals surface area contributed by atoms with Gasteiger partial charge in [0.2, 0.25) is 5.91 Å². The molecular weight excluding hydrogens is 417 g/mol. The Hall–Kier alpha value is -2.01. The van der Waals surface area contributed by atoms with Gasteiger partial charge in [-0.15, -0.1) is 11.3 Å². The summed E-state index contributed by atoms with van der Waals surface area (Å²) in [7, 11) is 0. The van der Waals surface area contributed by atoms with E-state index in [2.05, 4.69) is 15.2 Å². The molecule has 1 amide bonds. The molecule has 0 saturated carbocycles. The second-order valence-corrected chi connectivity index (χ2v) is 8.71. The summed E-state index contributed by atoms with van der Waals surface area (Å²) < 4.78 is 19.7. The lowest BCUT2D eigenvalue weighted by Gasteiger charge is -2.33. The molecule has 1 aliphatic heterocycles. The first kappa shape index (κ1) is 21.7. The predicted octanol–water partition coefficient (Wildman–Crippen LogP) is 2.02. The Morgan fingerprint density at radius 1 is 1.45 bits per heavy atom. The van der Waals surface area contributed by atoms with Crippen molar-refractivity contribution in [1.82, 2.24) is 15.2 Å². The van der Waals surface area contributed by atoms with Gasteiger partial charge in [-0.3, -0.25) is 14.5 Å². The van der Waals surface area contributed by atoms with Crippen LogP contribution in [0, 0.1) is 5.82 Å². The number of carboxylic acids is 1. The average molecular weight is 440 g/mol. The zero-order chi connectivity index (χ0) is 20.6. The van der Waals surface area contributed by atoms with Gasteiger partial charge in [0.15, 0.2) is 4.34 Å². The van der Waals surface area contributed by atoms with Crippen LogP contribution in [0.3, 0.4) is 0 Å². The normalized spacial score (nSPS) is 17.2. The summed E-state index contributed by atoms with van der Waals surface area (Å²) in [5, 5.41) is 13.3. The summed E-state index contributed by atoms with van der Waals surface area (Å²) in [5.74, 6) is -1.09. The van der Waals surface area contributed by atoms with Crippen molar-refractivity contribution in [3.8, 4) is 0 Å². The average Bonchev–Trinajstić information content (AvgIpc) is 3.12. The molecule has 2 aromatic rings. The number of halogens is 1. The van der Waals surface area contributed by atoms with Crippen LogP contribution in [0.15, 0.2) is 34.0 Å². The van der Waals surface area contributed by atoms with Crippen molar-refractivity contribution in [2.45, 2.75) is 23.4 Å². The highest BCUT2D eigenvalue weighted by Crippen LogP contribution is 2.22. The maximum atomic E-state index is 13.3. The number of rotatable bonds is 9. The minimum absolute atomic E-state index is 0.117. The number of amides is 1. The van der Waals surface area contributed by atoms with E-state index >= 15 is 0 Å². The Morgan fingerprint density at radius 3 is 3.10 bits per heavy atom. The van der Waals surface area contributed by atoms with E-state index < -0.39 is 5.97 Å². The SMILES string of the molecule is O=C(O)Cc1csc(SCC(=O)NCC2CN(Cc3cccc(F)c3)CCO2)n1. The molecule has 1 atom stereocenters. The minimum atomic E-state index is -0.927. The number of ether oxygens (including phenoxy) is 1. The highest BCUT2D eigenvalue weighted by Gasteiger charge is 2.21. The van der Waals surface area contributed by atoms with E-state index in [0.29, 0.717) is 36.3 Å². The Morgan fingerprint density at radius 2 is 2.31 bits per heavy atom. The number of hydrogen-bond donors (Lipinski definition) is 2. The van der Waals surface area contributed by atoms with Crippen molar-refractivity contribution >= 4 is 35.0 Å². The lowest BCUT2D eigenvalue weighted by molar-refractivity contribution is -0.136. The molecule has 3 rings (SSSR count). The fourth-order valence-electron chi connectivity index (χ4n) is 2.94. The number of nitrogens with one attached hydrogen (secondary N) is 1. The number of hydrogen-bond acceptors (Lipinski definition) is 7. The molecule has 0 radical (unpaired) electrons. The molecule has 10 heteroatoms. The molecule has 1 unspecified atom stereocenters. The standard InChI is InChI=1S/C19H22FN3O4S2/c20-14-3-1-2-13(6-14)9-23-4-5-27-16(10-23)8-21-17(24)12-29-19-22-15(11-28-19)7-18(25)26/h1-3,6,11,16H,4-5,7-10,12H2,(H,21,24)(H,25,26). The van der Waals surface area contributed by atoms with Gasteiger partial charge in [0, 0.05) is 31.6 Å². The van der Waals surface area contributed by atoms with Crippen LogP contribution >= 0.6 is 23.1 Å². The number of morpholine rings is 1. The highest BCUT2D eigenvalue weighted by molar-refractivity contribution is 8.01. The Balaban J connectivity index is 1.38. The third kappa shape index (κ3) is 7.39. The van der Waals surface area contributed by atoms with E-state index in [1.807, 2.05) is 6.07 Å². The van der Waals surface area contributed by atoms with Crippen LogP contribution in [0.4, 0.5) is 4.39 Å². The van der Waals surface area contributed by atoms with E-state index in [-0.39, 0.29) is 30.0 Å². The Labute approximate surface area is 176 Å². The number of nitrogens with zero attached hydrogens (tertiary/aromatic N) is 2. The van der Waals surface area contributed by atoms with Gasteiger partial charge in [0.25, 0.3) is 0 Å². The van der Waals surface area contributed by atoms with Crippen LogP contribution in [0.2, 0.25) is 0 Å². The van der Waals surface area contributed by atoms with Gasteiger partial charge in [-0.2, -0.15) is 0 Å². The summed E-state index contributed by atoms with van der Waals surface area (Å²) in [6.07, 6.45) is -0.234. The molecule has 1 saturated heterocycles. The molecule has 29 heavy (non-hydrogen) atoms. The molecule has 2 heterocycles. The number of carbonyl (C=O) groups excluding carboxylic acids is 1. The Kier molecular flexibility index (Phi) is 7.99. The third-order valence-corrected chi connectivity index (χ3v) is 6.30. The zero-order valence-corrected chi connectivity index (χ0v) is 17.3. The fourth-order valence-corrected chi connectivity index (χ4v) is 4.61. The van der Waals surface area contributed by atoms with Crippen molar-refractivity contribution in [3.05, 3.63) is 46.7 Å². The second-order valence-electron chi connectivity index (χ2n) is 6.63. The molecule has 0 spiro atoms. The van der Waals surface area contributed by atoms with Crippen molar-refractivity contribution in [1.29, 1.82) is 0 Å². The van der Waals surface area contributed by atoms with Gasteiger partial charge in [0.05, 0.1) is 30.6 Å². The minimum Gasteiger partial charge on any atom is -0.481 e. The zero-order valence-electron chi connectivity index (χ0n) is 15.7. The van der Waals surface area contributed by atoms with Gasteiger partial charge in [-0.05, 0) is 17.7 Å². The molecule has 0 bridgehead atoms. The van der Waals surface area contributed by atoms with Crippen LogP contribution in [0.25, 0.3) is 0 Å². The van der Waals surface area contributed by atoms with Crippen LogP contribution < -0.4 is 5.32 Å². The topological polar surface area (TPSA) is 91.8 Å². The highest BCUT2D eigenvalue weighted by atomic mass is 32.2. The predicted molar refractivity (Wildman–Crippen MR) is 109 cm³/mol. The summed E-state index contributed by atoms with van der Waals surface area (Å²) in [6.45, 7) is 3.04. The van der Waals surface area contributed by atoms with Gasteiger partial charge < -0.3 is 15.2 Å². The number of carbonyl (C=O) groups is 2. The lowest BCUT2D eigenvalue weighted by Crippen LogP contribution is -2.47. The van der Waals surface area contributed by atoms with E-state index in [9.17, 15) is 14.0 Å². The van der Waals surface area contributed by atoms with Gasteiger partial charge in [0.1, 0.15) is 5.82 Å². The first-order chi connectivity index (χ1) is 14.0. The molecule has 1 aromatic heterocycles.